The van der Waals surface area contributed by atoms with Crippen molar-refractivity contribution in [3.63, 3.8) is 0 Å². The maximum Gasteiger partial charge on any atom is 0.408 e. The molecule has 0 aromatic heterocycles. The van der Waals surface area contributed by atoms with Crippen molar-refractivity contribution in [1.29, 1.82) is 0 Å². The fourth-order valence-electron chi connectivity index (χ4n) is 5.26. The summed E-state index contributed by atoms with van der Waals surface area (Å²) in [6.45, 7) is 9.33. The molecule has 224 valence electrons. The topological polar surface area (TPSA) is 87.7 Å². The number of nitrogens with one attached hydrogen (secondary N) is 2. The van der Waals surface area contributed by atoms with Gasteiger partial charge in [-0.05, 0) is 106 Å². The number of hydrogen-bond donors (Lipinski definition) is 2. The SMILES string of the molecule is CSCCC(NC(=O)OC(C)(C)C)C(=O)N(C1CCC1)C(C(=O)Nc1ccc2ccccc2c1)c1cc(C)ccc1C. The van der Waals surface area contributed by atoms with Gasteiger partial charge in [-0.25, -0.2) is 4.79 Å². The predicted octanol–water partition coefficient (Wildman–Crippen LogP) is 7.16. The lowest BCUT2D eigenvalue weighted by Crippen LogP contribution is -2.57. The maximum atomic E-state index is 14.5. The van der Waals surface area contributed by atoms with E-state index in [9.17, 15) is 14.4 Å². The molecule has 7 nitrogen and oxygen atoms in total. The van der Waals surface area contributed by atoms with E-state index >= 15 is 0 Å². The number of ether oxygens (including phenoxy) is 1. The van der Waals surface area contributed by atoms with Crippen molar-refractivity contribution < 1.29 is 19.1 Å². The summed E-state index contributed by atoms with van der Waals surface area (Å²) in [6, 6.07) is 18.0. The molecule has 0 radical (unpaired) electrons. The molecule has 1 aliphatic carbocycles. The lowest BCUT2D eigenvalue weighted by atomic mass is 9.87. The number of nitrogens with zero attached hydrogens (tertiary/aromatic N) is 1. The van der Waals surface area contributed by atoms with Gasteiger partial charge in [-0.15, -0.1) is 0 Å². The summed E-state index contributed by atoms with van der Waals surface area (Å²) in [5.74, 6) is 0.126. The van der Waals surface area contributed by atoms with Crippen molar-refractivity contribution >= 4 is 46.1 Å². The van der Waals surface area contributed by atoms with Crippen LogP contribution in [0.4, 0.5) is 10.5 Å². The van der Waals surface area contributed by atoms with Crippen molar-refractivity contribution in [2.45, 2.75) is 84.0 Å². The second-order valence-electron chi connectivity index (χ2n) is 12.1. The number of carbonyl (C=O) groups is 3. The normalized spacial score (nSPS) is 14.9. The lowest BCUT2D eigenvalue weighted by molar-refractivity contribution is -0.145. The van der Waals surface area contributed by atoms with Crippen molar-refractivity contribution in [1.82, 2.24) is 10.2 Å². The first-order chi connectivity index (χ1) is 20.0. The van der Waals surface area contributed by atoms with E-state index in [1.807, 2.05) is 80.8 Å². The summed E-state index contributed by atoms with van der Waals surface area (Å²) >= 11 is 1.60. The third kappa shape index (κ3) is 7.85. The van der Waals surface area contributed by atoms with Crippen LogP contribution >= 0.6 is 11.8 Å². The Morgan fingerprint density at radius 1 is 1.00 bits per heavy atom. The summed E-state index contributed by atoms with van der Waals surface area (Å²) in [5, 5.41) is 8.06. The van der Waals surface area contributed by atoms with Gasteiger partial charge >= 0.3 is 6.09 Å². The molecule has 0 bridgehead atoms. The number of thioether (sulfide) groups is 1. The van der Waals surface area contributed by atoms with Gasteiger partial charge in [-0.3, -0.25) is 9.59 Å². The van der Waals surface area contributed by atoms with E-state index < -0.39 is 23.8 Å². The number of rotatable bonds is 10. The monoisotopic (exact) mass is 589 g/mol. The molecule has 0 spiro atoms. The van der Waals surface area contributed by atoms with Gasteiger partial charge in [0.15, 0.2) is 0 Å². The number of alkyl carbamates (subject to hydrolysis) is 1. The average Bonchev–Trinajstić information content (AvgIpc) is 2.90. The molecule has 3 aromatic carbocycles. The first-order valence-corrected chi connectivity index (χ1v) is 16.0. The molecule has 2 unspecified atom stereocenters. The van der Waals surface area contributed by atoms with Crippen LogP contribution in [0.5, 0.6) is 0 Å². The van der Waals surface area contributed by atoms with E-state index in [-0.39, 0.29) is 17.9 Å². The predicted molar refractivity (Wildman–Crippen MR) is 172 cm³/mol. The minimum atomic E-state index is -0.869. The van der Waals surface area contributed by atoms with Crippen LogP contribution in [0, 0.1) is 13.8 Å². The number of anilines is 1. The summed E-state index contributed by atoms with van der Waals surface area (Å²) in [7, 11) is 0. The molecular formula is C34H43N3O4S. The molecule has 1 aliphatic rings. The van der Waals surface area contributed by atoms with Gasteiger partial charge < -0.3 is 20.3 Å². The number of amides is 3. The molecule has 4 rings (SSSR count). The van der Waals surface area contributed by atoms with Crippen LogP contribution in [-0.4, -0.2) is 52.5 Å². The fraction of sp³-hybridized carbons (Fsp3) is 0.441. The zero-order valence-corrected chi connectivity index (χ0v) is 26.3. The van der Waals surface area contributed by atoms with Gasteiger partial charge in [0.1, 0.15) is 17.7 Å². The maximum absolute atomic E-state index is 14.5. The van der Waals surface area contributed by atoms with E-state index in [2.05, 4.69) is 10.6 Å². The van der Waals surface area contributed by atoms with Crippen LogP contribution in [0.25, 0.3) is 10.8 Å². The standard InChI is InChI=1S/C34H43N3O4S/c1-22-14-15-23(2)28(20-22)30(31(38)35-26-17-16-24-10-7-8-11-25(24)21-26)37(27-12-9-13-27)32(39)29(18-19-42-6)36-33(40)41-34(3,4)5/h7-8,10-11,14-17,20-21,27,29-30H,9,12-13,18-19H2,1-6H3,(H,35,38)(H,36,40). The molecule has 3 amide bonds. The number of benzene rings is 3. The summed E-state index contributed by atoms with van der Waals surface area (Å²) < 4.78 is 5.51. The smallest absolute Gasteiger partial charge is 0.408 e. The van der Waals surface area contributed by atoms with Crippen LogP contribution < -0.4 is 10.6 Å². The van der Waals surface area contributed by atoms with Gasteiger partial charge in [0.05, 0.1) is 0 Å². The van der Waals surface area contributed by atoms with Crippen LogP contribution in [0.3, 0.4) is 0 Å². The third-order valence-electron chi connectivity index (χ3n) is 7.60. The molecule has 3 aromatic rings. The van der Waals surface area contributed by atoms with Gasteiger partial charge in [0.2, 0.25) is 5.91 Å². The largest absolute Gasteiger partial charge is 0.444 e. The Hall–Kier alpha value is -3.52. The van der Waals surface area contributed by atoms with Crippen LogP contribution in [0.1, 0.15) is 69.2 Å². The molecule has 2 N–H and O–H groups in total. The third-order valence-corrected chi connectivity index (χ3v) is 8.24. The highest BCUT2D eigenvalue weighted by molar-refractivity contribution is 7.98. The molecule has 1 fully saturated rings. The Bertz CT molecular complexity index is 1430. The minimum absolute atomic E-state index is 0.109. The Morgan fingerprint density at radius 3 is 2.36 bits per heavy atom. The lowest BCUT2D eigenvalue weighted by Gasteiger charge is -2.44. The van der Waals surface area contributed by atoms with Crippen LogP contribution in [0.15, 0.2) is 60.7 Å². The molecule has 1 saturated carbocycles. The van der Waals surface area contributed by atoms with E-state index in [1.54, 1.807) is 37.4 Å². The van der Waals surface area contributed by atoms with Crippen LogP contribution in [0.2, 0.25) is 0 Å². The van der Waals surface area contributed by atoms with E-state index in [0.29, 0.717) is 17.9 Å². The quantitative estimate of drug-likeness (QED) is 0.262. The number of fused-ring (bicyclic) bond motifs is 1. The van der Waals surface area contributed by atoms with Crippen molar-refractivity contribution in [3.05, 3.63) is 77.4 Å². The summed E-state index contributed by atoms with van der Waals surface area (Å²) in [6.07, 6.45) is 4.34. The van der Waals surface area contributed by atoms with Crippen molar-refractivity contribution in [2.24, 2.45) is 0 Å². The fourth-order valence-corrected chi connectivity index (χ4v) is 5.73. The van der Waals surface area contributed by atoms with Crippen molar-refractivity contribution in [3.8, 4) is 0 Å². The van der Waals surface area contributed by atoms with E-state index in [4.69, 9.17) is 4.74 Å². The zero-order valence-electron chi connectivity index (χ0n) is 25.5. The van der Waals surface area contributed by atoms with E-state index in [1.165, 1.54) is 0 Å². The van der Waals surface area contributed by atoms with Gasteiger partial charge in [-0.1, -0.05) is 54.1 Å². The molecule has 0 aliphatic heterocycles. The Labute approximate surface area is 253 Å². The number of aryl methyl sites for hydroxylation is 2. The Morgan fingerprint density at radius 2 is 1.71 bits per heavy atom. The first kappa shape index (κ1) is 31.4. The van der Waals surface area contributed by atoms with Crippen LogP contribution in [-0.2, 0) is 14.3 Å². The zero-order chi connectivity index (χ0) is 30.4. The minimum Gasteiger partial charge on any atom is -0.444 e. The highest BCUT2D eigenvalue weighted by atomic mass is 32.2. The molecule has 42 heavy (non-hydrogen) atoms. The van der Waals surface area contributed by atoms with E-state index in [0.717, 1.165) is 46.7 Å². The molecule has 0 saturated heterocycles. The second kappa shape index (κ2) is 13.6. The number of hydrogen-bond acceptors (Lipinski definition) is 5. The first-order valence-electron chi connectivity index (χ1n) is 14.6. The Kier molecular flexibility index (Phi) is 10.2. The molecular weight excluding hydrogens is 546 g/mol. The Balaban J connectivity index is 1.74. The summed E-state index contributed by atoms with van der Waals surface area (Å²) in [5.41, 5.74) is 2.68. The molecule has 0 heterocycles. The van der Waals surface area contributed by atoms with Gasteiger partial charge in [-0.2, -0.15) is 11.8 Å². The van der Waals surface area contributed by atoms with Crippen molar-refractivity contribution in [2.75, 3.05) is 17.3 Å². The molecule has 2 atom stereocenters. The number of carbonyl (C=O) groups excluding carboxylic acids is 3. The molecule has 8 heteroatoms. The average molecular weight is 590 g/mol. The van der Waals surface area contributed by atoms with Gasteiger partial charge in [0.25, 0.3) is 5.91 Å². The highest BCUT2D eigenvalue weighted by Crippen LogP contribution is 2.36. The highest BCUT2D eigenvalue weighted by Gasteiger charge is 2.42. The van der Waals surface area contributed by atoms with Gasteiger partial charge in [0, 0.05) is 11.7 Å². The summed E-state index contributed by atoms with van der Waals surface area (Å²) in [4.78, 5) is 43.4. The second-order valence-corrected chi connectivity index (χ2v) is 13.1.